The third-order valence-corrected chi connectivity index (χ3v) is 5.51. The molecule has 2 aromatic carbocycles. The summed E-state index contributed by atoms with van der Waals surface area (Å²) in [5.41, 5.74) is 4.80. The fourth-order valence-electron chi connectivity index (χ4n) is 2.27. The average molecular weight is 411 g/mol. The van der Waals surface area contributed by atoms with Crippen LogP contribution in [0.1, 0.15) is 21.5 Å². The smallest absolute Gasteiger partial charge is 0.408 e. The summed E-state index contributed by atoms with van der Waals surface area (Å²) in [6.07, 6.45) is 0. The number of alkyl halides is 1. The molecule has 3 nitrogen and oxygen atoms in total. The molecule has 5 heteroatoms. The SMILES string of the molecule is Cc1ccc(C(Br)c2ccc3c(c2)oc(=O)n3C)cc1Br. The zero-order valence-corrected chi connectivity index (χ0v) is 14.7. The molecule has 108 valence electrons. The highest BCUT2D eigenvalue weighted by molar-refractivity contribution is 9.10. The molecule has 0 spiro atoms. The van der Waals surface area contributed by atoms with Gasteiger partial charge in [-0.3, -0.25) is 4.57 Å². The molecule has 0 aliphatic carbocycles. The van der Waals surface area contributed by atoms with Crippen molar-refractivity contribution in [3.05, 3.63) is 68.1 Å². The predicted octanol–water partition coefficient (Wildman–Crippen LogP) is 4.69. The van der Waals surface area contributed by atoms with E-state index in [4.69, 9.17) is 4.42 Å². The number of rotatable bonds is 2. The van der Waals surface area contributed by atoms with E-state index >= 15 is 0 Å². The summed E-state index contributed by atoms with van der Waals surface area (Å²) in [5.74, 6) is -0.341. The summed E-state index contributed by atoms with van der Waals surface area (Å²) >= 11 is 7.27. The first-order valence-corrected chi connectivity index (χ1v) is 8.18. The van der Waals surface area contributed by atoms with Crippen molar-refractivity contribution in [3.63, 3.8) is 0 Å². The van der Waals surface area contributed by atoms with Crippen molar-refractivity contribution in [2.24, 2.45) is 7.05 Å². The van der Waals surface area contributed by atoms with Gasteiger partial charge < -0.3 is 4.42 Å². The van der Waals surface area contributed by atoms with E-state index in [2.05, 4.69) is 57.0 Å². The van der Waals surface area contributed by atoms with Gasteiger partial charge in [-0.15, -0.1) is 0 Å². The Balaban J connectivity index is 2.06. The molecule has 1 atom stereocenters. The number of nitrogens with zero attached hydrogens (tertiary/aromatic N) is 1. The van der Waals surface area contributed by atoms with Gasteiger partial charge in [0.1, 0.15) is 0 Å². The Morgan fingerprint density at radius 3 is 2.52 bits per heavy atom. The van der Waals surface area contributed by atoms with Crippen molar-refractivity contribution >= 4 is 43.0 Å². The Kier molecular flexibility index (Phi) is 3.80. The molecule has 21 heavy (non-hydrogen) atoms. The zero-order valence-electron chi connectivity index (χ0n) is 11.6. The third kappa shape index (κ3) is 2.60. The topological polar surface area (TPSA) is 35.1 Å². The van der Waals surface area contributed by atoms with E-state index in [0.29, 0.717) is 5.58 Å². The molecular weight excluding hydrogens is 398 g/mol. The van der Waals surface area contributed by atoms with Crippen LogP contribution in [0.4, 0.5) is 0 Å². The molecule has 1 heterocycles. The molecular formula is C16H13Br2NO2. The molecule has 0 amide bonds. The molecule has 1 unspecified atom stereocenters. The van der Waals surface area contributed by atoms with Gasteiger partial charge in [0.2, 0.25) is 0 Å². The number of aromatic nitrogens is 1. The monoisotopic (exact) mass is 409 g/mol. The first-order valence-electron chi connectivity index (χ1n) is 6.47. The molecule has 0 aliphatic heterocycles. The number of hydrogen-bond donors (Lipinski definition) is 0. The molecule has 0 bridgehead atoms. The average Bonchev–Trinajstić information content (AvgIpc) is 2.76. The van der Waals surface area contributed by atoms with Crippen LogP contribution in [0.15, 0.2) is 50.1 Å². The van der Waals surface area contributed by atoms with Crippen LogP contribution in [-0.4, -0.2) is 4.57 Å². The fraction of sp³-hybridized carbons (Fsp3) is 0.188. The van der Waals surface area contributed by atoms with Crippen molar-refractivity contribution in [3.8, 4) is 0 Å². The molecule has 0 saturated carbocycles. The number of oxazole rings is 1. The summed E-state index contributed by atoms with van der Waals surface area (Å²) in [6, 6.07) is 12.1. The predicted molar refractivity (Wildman–Crippen MR) is 91.1 cm³/mol. The summed E-state index contributed by atoms with van der Waals surface area (Å²) in [5, 5.41) is 0. The molecule has 3 aromatic rings. The number of hydrogen-bond acceptors (Lipinski definition) is 2. The van der Waals surface area contributed by atoms with E-state index in [-0.39, 0.29) is 10.6 Å². The fourth-order valence-corrected chi connectivity index (χ4v) is 3.23. The van der Waals surface area contributed by atoms with Crippen molar-refractivity contribution < 1.29 is 4.42 Å². The van der Waals surface area contributed by atoms with Crippen molar-refractivity contribution in [1.29, 1.82) is 0 Å². The highest BCUT2D eigenvalue weighted by atomic mass is 79.9. The molecule has 1 aromatic heterocycles. The van der Waals surface area contributed by atoms with E-state index < -0.39 is 0 Å². The first kappa shape index (κ1) is 14.6. The van der Waals surface area contributed by atoms with Crippen LogP contribution < -0.4 is 5.76 Å². The van der Waals surface area contributed by atoms with E-state index in [0.717, 1.165) is 21.1 Å². The lowest BCUT2D eigenvalue weighted by molar-refractivity contribution is 0.528. The summed E-state index contributed by atoms with van der Waals surface area (Å²) in [7, 11) is 1.70. The van der Waals surface area contributed by atoms with Crippen LogP contribution in [0.2, 0.25) is 0 Å². The molecule has 0 saturated heterocycles. The number of halogens is 2. The maximum absolute atomic E-state index is 11.6. The maximum Gasteiger partial charge on any atom is 0.419 e. The Labute approximate surface area is 138 Å². The molecule has 0 aliphatic rings. The lowest BCUT2D eigenvalue weighted by Crippen LogP contribution is -2.08. The Morgan fingerprint density at radius 1 is 1.14 bits per heavy atom. The maximum atomic E-state index is 11.6. The highest BCUT2D eigenvalue weighted by Crippen LogP contribution is 2.34. The van der Waals surface area contributed by atoms with E-state index in [1.54, 1.807) is 7.05 Å². The molecule has 0 fully saturated rings. The molecule has 0 N–H and O–H groups in total. The van der Waals surface area contributed by atoms with Crippen molar-refractivity contribution in [2.45, 2.75) is 11.8 Å². The highest BCUT2D eigenvalue weighted by Gasteiger charge is 2.14. The van der Waals surface area contributed by atoms with Gasteiger partial charge in [-0.2, -0.15) is 0 Å². The normalized spacial score (nSPS) is 12.8. The Hall–Kier alpha value is -1.33. The number of benzene rings is 2. The Bertz CT molecular complexity index is 880. The van der Waals surface area contributed by atoms with Crippen LogP contribution in [-0.2, 0) is 7.05 Å². The molecule has 0 radical (unpaired) electrons. The van der Waals surface area contributed by atoms with Gasteiger partial charge in [0.25, 0.3) is 0 Å². The van der Waals surface area contributed by atoms with Crippen LogP contribution >= 0.6 is 31.9 Å². The van der Waals surface area contributed by atoms with Crippen LogP contribution in [0.5, 0.6) is 0 Å². The lowest BCUT2D eigenvalue weighted by Gasteiger charge is -2.12. The second-order valence-corrected chi connectivity index (χ2v) is 6.80. The number of aryl methyl sites for hydroxylation is 2. The largest absolute Gasteiger partial charge is 0.419 e. The van der Waals surface area contributed by atoms with Crippen molar-refractivity contribution in [2.75, 3.05) is 0 Å². The van der Waals surface area contributed by atoms with Gasteiger partial charge in [0.05, 0.1) is 10.3 Å². The molecule has 3 rings (SSSR count). The van der Waals surface area contributed by atoms with Crippen LogP contribution in [0.25, 0.3) is 11.1 Å². The summed E-state index contributed by atoms with van der Waals surface area (Å²) in [4.78, 5) is 11.6. The second kappa shape index (κ2) is 5.46. The van der Waals surface area contributed by atoms with E-state index in [1.807, 2.05) is 18.2 Å². The van der Waals surface area contributed by atoms with Crippen LogP contribution in [0.3, 0.4) is 0 Å². The Morgan fingerprint density at radius 2 is 1.81 bits per heavy atom. The van der Waals surface area contributed by atoms with Gasteiger partial charge in [-0.05, 0) is 41.8 Å². The van der Waals surface area contributed by atoms with Gasteiger partial charge in [-0.25, -0.2) is 4.79 Å². The second-order valence-electron chi connectivity index (χ2n) is 5.03. The van der Waals surface area contributed by atoms with Gasteiger partial charge in [0, 0.05) is 11.5 Å². The quantitative estimate of drug-likeness (QED) is 0.574. The van der Waals surface area contributed by atoms with Crippen molar-refractivity contribution in [1.82, 2.24) is 4.57 Å². The minimum atomic E-state index is -0.341. The zero-order chi connectivity index (χ0) is 15.1. The third-order valence-electron chi connectivity index (χ3n) is 3.60. The summed E-state index contributed by atoms with van der Waals surface area (Å²) < 4.78 is 7.83. The van der Waals surface area contributed by atoms with Gasteiger partial charge in [-0.1, -0.05) is 50.1 Å². The minimum absolute atomic E-state index is 0.0457. The van der Waals surface area contributed by atoms with Gasteiger partial charge in [0.15, 0.2) is 5.58 Å². The van der Waals surface area contributed by atoms with Crippen LogP contribution in [0, 0.1) is 6.92 Å². The van der Waals surface area contributed by atoms with E-state index in [9.17, 15) is 4.79 Å². The lowest BCUT2D eigenvalue weighted by atomic mass is 10.0. The van der Waals surface area contributed by atoms with Gasteiger partial charge >= 0.3 is 5.76 Å². The van der Waals surface area contributed by atoms with E-state index in [1.165, 1.54) is 10.1 Å². The minimum Gasteiger partial charge on any atom is -0.408 e. The number of fused-ring (bicyclic) bond motifs is 1. The summed E-state index contributed by atoms with van der Waals surface area (Å²) in [6.45, 7) is 2.06. The first-order chi connectivity index (χ1) is 9.97. The standard InChI is InChI=1S/C16H13Br2NO2/c1-9-3-4-10(7-12(9)17)15(18)11-5-6-13-14(8-11)21-16(20)19(13)2/h3-8,15H,1-2H3.